The zero-order valence-corrected chi connectivity index (χ0v) is 9.91. The van der Waals surface area contributed by atoms with Gasteiger partial charge in [-0.05, 0) is 19.3 Å². The van der Waals surface area contributed by atoms with Crippen molar-refractivity contribution in [1.29, 1.82) is 0 Å². The molecule has 1 fully saturated rings. The van der Waals surface area contributed by atoms with Gasteiger partial charge in [-0.3, -0.25) is 0 Å². The summed E-state index contributed by atoms with van der Waals surface area (Å²) in [6.07, 6.45) is 2.75. The Morgan fingerprint density at radius 3 is 2.93 bits per heavy atom. The lowest BCUT2D eigenvalue weighted by molar-refractivity contribution is 0.443. The Labute approximate surface area is 95.5 Å². The predicted molar refractivity (Wildman–Crippen MR) is 62.4 cm³/mol. The number of rotatable bonds is 1. The van der Waals surface area contributed by atoms with Gasteiger partial charge in [-0.2, -0.15) is 0 Å². The van der Waals surface area contributed by atoms with Gasteiger partial charge in [0.25, 0.3) is 0 Å². The normalized spacial score (nSPS) is 26.7. The highest BCUT2D eigenvalue weighted by Crippen LogP contribution is 2.24. The summed E-state index contributed by atoms with van der Waals surface area (Å²) in [5, 5.41) is 0.231. The van der Waals surface area contributed by atoms with E-state index in [0.717, 1.165) is 31.0 Å². The van der Waals surface area contributed by atoms with E-state index in [1.807, 2.05) is 13.0 Å². The van der Waals surface area contributed by atoms with Crippen molar-refractivity contribution in [2.24, 2.45) is 5.92 Å². The Morgan fingerprint density at radius 2 is 2.27 bits per heavy atom. The molecule has 0 radical (unpaired) electrons. The molecule has 3 nitrogen and oxygen atoms in total. The number of aromatic nitrogens is 2. The van der Waals surface area contributed by atoms with Crippen LogP contribution in [-0.4, -0.2) is 28.4 Å². The van der Waals surface area contributed by atoms with Gasteiger partial charge in [0.15, 0.2) is 0 Å². The smallest absolute Gasteiger partial charge is 0.132 e. The van der Waals surface area contributed by atoms with Crippen LogP contribution in [0.15, 0.2) is 12.4 Å². The first-order valence-electron chi connectivity index (χ1n) is 5.34. The summed E-state index contributed by atoms with van der Waals surface area (Å²) in [4.78, 5) is 10.6. The van der Waals surface area contributed by atoms with Gasteiger partial charge in [0, 0.05) is 24.8 Å². The third-order valence-electron chi connectivity index (χ3n) is 2.98. The summed E-state index contributed by atoms with van der Waals surface area (Å²) in [6, 6.07) is 2.01. The largest absolute Gasteiger partial charge is 0.355 e. The average Bonchev–Trinajstić information content (AvgIpc) is 2.22. The third-order valence-corrected chi connectivity index (χ3v) is 3.55. The Balaban J connectivity index is 2.12. The van der Waals surface area contributed by atoms with Gasteiger partial charge in [-0.15, -0.1) is 11.6 Å². The molecule has 0 amide bonds. The summed E-state index contributed by atoms with van der Waals surface area (Å²) in [6.45, 7) is 6.12. The van der Waals surface area contributed by atoms with E-state index in [4.69, 9.17) is 11.6 Å². The van der Waals surface area contributed by atoms with Crippen molar-refractivity contribution in [3.63, 3.8) is 0 Å². The summed E-state index contributed by atoms with van der Waals surface area (Å²) in [7, 11) is 0. The second-order valence-corrected chi connectivity index (χ2v) is 4.81. The molecule has 1 aliphatic heterocycles. The minimum atomic E-state index is 0.231. The van der Waals surface area contributed by atoms with Gasteiger partial charge in [-0.1, -0.05) is 6.92 Å². The van der Waals surface area contributed by atoms with Crippen LogP contribution in [0.5, 0.6) is 0 Å². The van der Waals surface area contributed by atoms with Crippen molar-refractivity contribution in [1.82, 2.24) is 9.97 Å². The van der Waals surface area contributed by atoms with Crippen molar-refractivity contribution in [2.75, 3.05) is 18.0 Å². The SMILES string of the molecule is Cc1cc(N2CCC(C)C(Cl)C2)ncn1. The quantitative estimate of drug-likeness (QED) is 0.687. The monoisotopic (exact) mass is 225 g/mol. The number of alkyl halides is 1. The predicted octanol–water partition coefficient (Wildman–Crippen LogP) is 2.24. The van der Waals surface area contributed by atoms with E-state index in [1.165, 1.54) is 0 Å². The molecule has 4 heteroatoms. The molecule has 0 spiro atoms. The molecule has 0 aromatic carbocycles. The van der Waals surface area contributed by atoms with E-state index in [0.29, 0.717) is 5.92 Å². The van der Waals surface area contributed by atoms with Crippen LogP contribution in [0.1, 0.15) is 19.0 Å². The van der Waals surface area contributed by atoms with E-state index in [2.05, 4.69) is 21.8 Å². The lowest BCUT2D eigenvalue weighted by atomic mass is 9.99. The standard InChI is InChI=1S/C11H16ClN3/c1-8-3-4-15(6-10(8)12)11-5-9(2)13-7-14-11/h5,7-8,10H,3-4,6H2,1-2H3. The molecule has 1 aromatic rings. The molecule has 0 bridgehead atoms. The summed E-state index contributed by atoms with van der Waals surface area (Å²) < 4.78 is 0. The second kappa shape index (κ2) is 4.35. The highest BCUT2D eigenvalue weighted by atomic mass is 35.5. The first kappa shape index (κ1) is 10.7. The van der Waals surface area contributed by atoms with Gasteiger partial charge >= 0.3 is 0 Å². The Morgan fingerprint density at radius 1 is 1.47 bits per heavy atom. The van der Waals surface area contributed by atoms with Crippen LogP contribution < -0.4 is 4.90 Å². The highest BCUT2D eigenvalue weighted by Gasteiger charge is 2.24. The maximum Gasteiger partial charge on any atom is 0.132 e. The summed E-state index contributed by atoms with van der Waals surface area (Å²) in [5.41, 5.74) is 1.00. The molecule has 0 N–H and O–H groups in total. The Bertz CT molecular complexity index is 342. The van der Waals surface area contributed by atoms with Crippen molar-refractivity contribution >= 4 is 17.4 Å². The van der Waals surface area contributed by atoms with Crippen LogP contribution in [0.25, 0.3) is 0 Å². The fraction of sp³-hybridized carbons (Fsp3) is 0.636. The fourth-order valence-electron chi connectivity index (χ4n) is 1.84. The van der Waals surface area contributed by atoms with Crippen molar-refractivity contribution < 1.29 is 0 Å². The van der Waals surface area contributed by atoms with Gasteiger partial charge in [0.05, 0.1) is 5.38 Å². The molecule has 1 aliphatic rings. The number of piperidine rings is 1. The van der Waals surface area contributed by atoms with Crippen LogP contribution in [0.4, 0.5) is 5.82 Å². The van der Waals surface area contributed by atoms with Gasteiger partial charge in [0.1, 0.15) is 12.1 Å². The molecule has 2 unspecified atom stereocenters. The maximum atomic E-state index is 6.27. The third kappa shape index (κ3) is 2.40. The first-order valence-corrected chi connectivity index (χ1v) is 5.78. The minimum Gasteiger partial charge on any atom is -0.355 e. The fourth-order valence-corrected chi connectivity index (χ4v) is 2.14. The lowest BCUT2D eigenvalue weighted by Gasteiger charge is -2.34. The van der Waals surface area contributed by atoms with Crippen LogP contribution in [0.3, 0.4) is 0 Å². The van der Waals surface area contributed by atoms with E-state index in [1.54, 1.807) is 6.33 Å². The van der Waals surface area contributed by atoms with Crippen LogP contribution in [0.2, 0.25) is 0 Å². The second-order valence-electron chi connectivity index (χ2n) is 4.25. The van der Waals surface area contributed by atoms with E-state index < -0.39 is 0 Å². The number of hydrogen-bond donors (Lipinski definition) is 0. The lowest BCUT2D eigenvalue weighted by Crippen LogP contribution is -2.40. The van der Waals surface area contributed by atoms with Crippen LogP contribution in [-0.2, 0) is 0 Å². The van der Waals surface area contributed by atoms with Gasteiger partial charge in [-0.25, -0.2) is 9.97 Å². The average molecular weight is 226 g/mol. The number of aryl methyl sites for hydroxylation is 1. The molecule has 0 saturated carbocycles. The van der Waals surface area contributed by atoms with E-state index in [9.17, 15) is 0 Å². The molecule has 2 rings (SSSR count). The molecule has 1 aromatic heterocycles. The van der Waals surface area contributed by atoms with E-state index >= 15 is 0 Å². The van der Waals surface area contributed by atoms with Crippen LogP contribution >= 0.6 is 11.6 Å². The molecule has 2 atom stereocenters. The van der Waals surface area contributed by atoms with Gasteiger partial charge < -0.3 is 4.90 Å². The number of hydrogen-bond acceptors (Lipinski definition) is 3. The molecule has 15 heavy (non-hydrogen) atoms. The number of halogens is 1. The van der Waals surface area contributed by atoms with Crippen molar-refractivity contribution in [3.05, 3.63) is 18.1 Å². The topological polar surface area (TPSA) is 29.0 Å². The van der Waals surface area contributed by atoms with Crippen molar-refractivity contribution in [3.8, 4) is 0 Å². The minimum absolute atomic E-state index is 0.231. The zero-order chi connectivity index (χ0) is 10.8. The summed E-state index contributed by atoms with van der Waals surface area (Å²) in [5.74, 6) is 1.60. The van der Waals surface area contributed by atoms with Gasteiger partial charge in [0.2, 0.25) is 0 Å². The molecule has 0 aliphatic carbocycles. The molecular weight excluding hydrogens is 210 g/mol. The van der Waals surface area contributed by atoms with Crippen molar-refractivity contribution in [2.45, 2.75) is 25.6 Å². The maximum absolute atomic E-state index is 6.27. The Hall–Kier alpha value is -0.830. The number of nitrogens with zero attached hydrogens (tertiary/aromatic N) is 3. The summed E-state index contributed by atoms with van der Waals surface area (Å²) >= 11 is 6.27. The molecular formula is C11H16ClN3. The van der Waals surface area contributed by atoms with Crippen LogP contribution in [0, 0.1) is 12.8 Å². The highest BCUT2D eigenvalue weighted by molar-refractivity contribution is 6.21. The van der Waals surface area contributed by atoms with E-state index in [-0.39, 0.29) is 5.38 Å². The molecule has 1 saturated heterocycles. The first-order chi connectivity index (χ1) is 7.16. The zero-order valence-electron chi connectivity index (χ0n) is 9.15. The molecule has 82 valence electrons. The molecule has 2 heterocycles. The number of anilines is 1. The Kier molecular flexibility index (Phi) is 3.10.